The Labute approximate surface area is 339 Å². The fraction of sp³-hybridized carbons (Fsp3) is 0.400. The summed E-state index contributed by atoms with van der Waals surface area (Å²) in [6, 6.07) is 24.8. The standard InChI is InChI=1S/C45H49ClN4O7/c1-29-35(6-4-9-40(29)55-19-5-15-50-16-12-34(52)13-17-50)36-7-3-8-38-37(36)10-11-41(38)57-43-24-42(56-28-32-21-30(25-47)20-31(22-32)26-48)33(23-39(43)46)27-49-45(2,14-18-51)44(53)54/h3-4,6-9,20-24,34,41,49,51-52H,5,10-19,27-28H2,1-2H3,(H,53,54)/t41-,45?/m0/s1. The smallest absolute Gasteiger partial charge is 0.323 e. The molecule has 1 unspecified atom stereocenters. The van der Waals surface area contributed by atoms with E-state index < -0.39 is 11.5 Å². The molecule has 4 aromatic carbocycles. The molecule has 12 heteroatoms. The van der Waals surface area contributed by atoms with Crippen LogP contribution in [-0.2, 0) is 24.4 Å². The maximum Gasteiger partial charge on any atom is 0.323 e. The van der Waals surface area contributed by atoms with Crippen LogP contribution < -0.4 is 19.5 Å². The number of aliphatic hydroxyl groups is 2. The molecule has 2 aliphatic rings. The molecule has 6 rings (SSSR count). The van der Waals surface area contributed by atoms with Crippen LogP contribution in [0.4, 0.5) is 0 Å². The molecule has 0 radical (unpaired) electrons. The van der Waals surface area contributed by atoms with Crippen molar-refractivity contribution in [2.45, 2.75) is 83.3 Å². The van der Waals surface area contributed by atoms with E-state index in [2.05, 4.69) is 47.5 Å². The van der Waals surface area contributed by atoms with Crippen molar-refractivity contribution in [2.75, 3.05) is 32.8 Å². The number of hydrogen-bond acceptors (Lipinski definition) is 10. The summed E-state index contributed by atoms with van der Waals surface area (Å²) in [5, 5.41) is 51.6. The second-order valence-corrected chi connectivity index (χ2v) is 15.4. The van der Waals surface area contributed by atoms with Gasteiger partial charge in [0.05, 0.1) is 41.0 Å². The Kier molecular flexibility index (Phi) is 13.7. The Hall–Kier alpha value is -5.14. The number of ether oxygens (including phenoxy) is 3. The lowest BCUT2D eigenvalue weighted by Gasteiger charge is -2.29. The van der Waals surface area contributed by atoms with Gasteiger partial charge >= 0.3 is 5.97 Å². The molecule has 0 amide bonds. The van der Waals surface area contributed by atoms with E-state index in [0.717, 1.165) is 79.7 Å². The van der Waals surface area contributed by atoms with Crippen LogP contribution in [0.15, 0.2) is 66.7 Å². The molecule has 11 nitrogen and oxygen atoms in total. The summed E-state index contributed by atoms with van der Waals surface area (Å²) in [4.78, 5) is 14.5. The third-order valence-corrected chi connectivity index (χ3v) is 11.3. The molecular weight excluding hydrogens is 744 g/mol. The van der Waals surface area contributed by atoms with Gasteiger partial charge in [0.2, 0.25) is 0 Å². The fourth-order valence-electron chi connectivity index (χ4n) is 7.61. The number of carboxylic acids is 1. The third-order valence-electron chi connectivity index (χ3n) is 11.0. The number of aliphatic carboxylic acids is 1. The summed E-state index contributed by atoms with van der Waals surface area (Å²) in [6.07, 6.45) is 3.60. The Bertz CT molecular complexity index is 2120. The van der Waals surface area contributed by atoms with E-state index in [-0.39, 0.29) is 38.4 Å². The van der Waals surface area contributed by atoms with Crippen LogP contribution in [-0.4, -0.2) is 70.7 Å². The highest BCUT2D eigenvalue weighted by Crippen LogP contribution is 2.44. The van der Waals surface area contributed by atoms with Crippen molar-refractivity contribution in [2.24, 2.45) is 0 Å². The molecule has 57 heavy (non-hydrogen) atoms. The van der Waals surface area contributed by atoms with Crippen LogP contribution >= 0.6 is 11.6 Å². The highest BCUT2D eigenvalue weighted by molar-refractivity contribution is 6.32. The number of nitriles is 2. The molecule has 0 aromatic heterocycles. The van der Waals surface area contributed by atoms with Gasteiger partial charge in [-0.1, -0.05) is 41.9 Å². The number of aliphatic hydroxyl groups excluding tert-OH is 2. The molecule has 298 valence electrons. The zero-order valence-electron chi connectivity index (χ0n) is 32.4. The molecule has 4 N–H and O–H groups in total. The maximum atomic E-state index is 12.1. The number of carbonyl (C=O) groups is 1. The Morgan fingerprint density at radius 2 is 1.68 bits per heavy atom. The first-order chi connectivity index (χ1) is 27.5. The van der Waals surface area contributed by atoms with Gasteiger partial charge in [-0.2, -0.15) is 10.5 Å². The molecule has 4 aromatic rings. The summed E-state index contributed by atoms with van der Waals surface area (Å²) < 4.78 is 19.2. The number of carboxylic acid groups (broad SMARTS) is 1. The molecule has 2 atom stereocenters. The number of likely N-dealkylation sites (tertiary alicyclic amines) is 1. The summed E-state index contributed by atoms with van der Waals surface area (Å²) >= 11 is 6.88. The number of piperidine rings is 1. The van der Waals surface area contributed by atoms with Crippen LogP contribution in [0.1, 0.15) is 84.1 Å². The van der Waals surface area contributed by atoms with E-state index in [9.17, 15) is 30.6 Å². The van der Waals surface area contributed by atoms with Crippen LogP contribution in [0.5, 0.6) is 17.2 Å². The zero-order chi connectivity index (χ0) is 40.5. The molecule has 0 bridgehead atoms. The van der Waals surface area contributed by atoms with Gasteiger partial charge in [0.25, 0.3) is 0 Å². The van der Waals surface area contributed by atoms with E-state index >= 15 is 0 Å². The molecule has 1 aliphatic heterocycles. The maximum absolute atomic E-state index is 12.1. The molecule has 1 heterocycles. The number of fused-ring (bicyclic) bond motifs is 1. The van der Waals surface area contributed by atoms with Gasteiger partial charge in [-0.15, -0.1) is 0 Å². The molecular formula is C45H49ClN4O7. The van der Waals surface area contributed by atoms with E-state index in [4.69, 9.17) is 25.8 Å². The average Bonchev–Trinajstić information content (AvgIpc) is 3.63. The van der Waals surface area contributed by atoms with Crippen molar-refractivity contribution in [3.05, 3.63) is 111 Å². The van der Waals surface area contributed by atoms with Crippen LogP contribution in [0.3, 0.4) is 0 Å². The van der Waals surface area contributed by atoms with Gasteiger partial charge in [0.1, 0.15) is 35.5 Å². The van der Waals surface area contributed by atoms with E-state index in [1.54, 1.807) is 24.3 Å². The first kappa shape index (κ1) is 41.5. The van der Waals surface area contributed by atoms with Gasteiger partial charge in [-0.3, -0.25) is 10.1 Å². The molecule has 0 spiro atoms. The van der Waals surface area contributed by atoms with Crippen LogP contribution in [0, 0.1) is 29.6 Å². The van der Waals surface area contributed by atoms with E-state index in [1.807, 2.05) is 18.2 Å². The minimum absolute atomic E-state index is 0.0167. The summed E-state index contributed by atoms with van der Waals surface area (Å²) in [5.41, 5.74) is 5.99. The highest BCUT2D eigenvalue weighted by Gasteiger charge is 2.33. The van der Waals surface area contributed by atoms with Crippen molar-refractivity contribution in [1.29, 1.82) is 10.5 Å². The van der Waals surface area contributed by atoms with E-state index in [0.29, 0.717) is 45.4 Å². The van der Waals surface area contributed by atoms with Crippen molar-refractivity contribution in [3.63, 3.8) is 0 Å². The summed E-state index contributed by atoms with van der Waals surface area (Å²) in [7, 11) is 0. The number of rotatable bonds is 17. The fourth-order valence-corrected chi connectivity index (χ4v) is 7.84. The first-order valence-electron chi connectivity index (χ1n) is 19.4. The molecule has 1 saturated heterocycles. The van der Waals surface area contributed by atoms with Crippen LogP contribution in [0.2, 0.25) is 5.02 Å². The van der Waals surface area contributed by atoms with E-state index in [1.165, 1.54) is 18.6 Å². The topological polar surface area (TPSA) is 168 Å². The quantitative estimate of drug-likeness (QED) is 0.0796. The molecule has 1 fully saturated rings. The predicted molar refractivity (Wildman–Crippen MR) is 216 cm³/mol. The second kappa shape index (κ2) is 18.9. The number of nitrogens with one attached hydrogen (secondary N) is 1. The zero-order valence-corrected chi connectivity index (χ0v) is 33.1. The Balaban J connectivity index is 1.21. The number of hydrogen-bond donors (Lipinski definition) is 4. The summed E-state index contributed by atoms with van der Waals surface area (Å²) in [6.45, 7) is 6.77. The monoisotopic (exact) mass is 792 g/mol. The number of halogens is 1. The predicted octanol–water partition coefficient (Wildman–Crippen LogP) is 7.24. The minimum Gasteiger partial charge on any atom is -0.493 e. The lowest BCUT2D eigenvalue weighted by molar-refractivity contribution is -0.145. The van der Waals surface area contributed by atoms with Crippen molar-refractivity contribution in [1.82, 2.24) is 10.2 Å². The lowest BCUT2D eigenvalue weighted by Crippen LogP contribution is -2.49. The first-order valence-corrected chi connectivity index (χ1v) is 19.8. The lowest BCUT2D eigenvalue weighted by atomic mass is 9.93. The molecule has 1 aliphatic carbocycles. The van der Waals surface area contributed by atoms with Crippen molar-refractivity contribution in [3.8, 4) is 40.5 Å². The highest BCUT2D eigenvalue weighted by atomic mass is 35.5. The van der Waals surface area contributed by atoms with Crippen molar-refractivity contribution >= 4 is 17.6 Å². The van der Waals surface area contributed by atoms with Gasteiger partial charge in [0, 0.05) is 44.4 Å². The van der Waals surface area contributed by atoms with Crippen molar-refractivity contribution < 1.29 is 34.3 Å². The minimum atomic E-state index is -1.41. The number of benzene rings is 4. The average molecular weight is 793 g/mol. The molecule has 0 saturated carbocycles. The summed E-state index contributed by atoms with van der Waals surface area (Å²) in [5.74, 6) is 0.531. The van der Waals surface area contributed by atoms with Gasteiger partial charge in [-0.25, -0.2) is 0 Å². The number of nitrogens with zero attached hydrogens (tertiary/aromatic N) is 3. The third kappa shape index (κ3) is 10.1. The van der Waals surface area contributed by atoms with Gasteiger partial charge in [0.15, 0.2) is 0 Å². The second-order valence-electron chi connectivity index (χ2n) is 15.0. The SMILES string of the molecule is Cc1c(OCCCN2CCC(O)CC2)cccc1-c1cccc2c1CC[C@@H]2Oc1cc(OCc2cc(C#N)cc(C#N)c2)c(CNC(C)(CCO)C(=O)O)cc1Cl. The van der Waals surface area contributed by atoms with Gasteiger partial charge < -0.3 is 34.4 Å². The van der Waals surface area contributed by atoms with Crippen LogP contribution in [0.25, 0.3) is 11.1 Å². The Morgan fingerprint density at radius 3 is 2.39 bits per heavy atom. The largest absolute Gasteiger partial charge is 0.493 e. The van der Waals surface area contributed by atoms with Gasteiger partial charge in [-0.05, 0) is 116 Å². The Morgan fingerprint density at radius 1 is 0.965 bits per heavy atom. The normalized spacial score (nSPS) is 16.6.